The van der Waals surface area contributed by atoms with Gasteiger partial charge in [0.15, 0.2) is 0 Å². The van der Waals surface area contributed by atoms with Crippen molar-refractivity contribution < 1.29 is 19.5 Å². The molecule has 3 N–H and O–H groups in total. The molecular formula is C21H22N2O4S. The Hall–Kier alpha value is -2.80. The normalized spacial score (nSPS) is 16.7. The molecule has 1 fully saturated rings. The molecule has 0 saturated carbocycles. The molecule has 0 bridgehead atoms. The van der Waals surface area contributed by atoms with E-state index in [9.17, 15) is 14.4 Å². The van der Waals surface area contributed by atoms with Crippen molar-refractivity contribution in [2.75, 3.05) is 0 Å². The first kappa shape index (κ1) is 19.9. The Kier molecular flexibility index (Phi) is 5.74. The van der Waals surface area contributed by atoms with E-state index in [1.807, 2.05) is 56.3 Å². The Morgan fingerprint density at radius 2 is 1.82 bits per heavy atom. The number of hydrogen-bond donors (Lipinski definition) is 3. The molecule has 1 heterocycles. The third-order valence-electron chi connectivity index (χ3n) is 4.49. The molecule has 2 aromatic carbocycles. The summed E-state index contributed by atoms with van der Waals surface area (Å²) in [5.74, 6) is -0.232. The fourth-order valence-electron chi connectivity index (χ4n) is 3.28. The van der Waals surface area contributed by atoms with Crippen molar-refractivity contribution in [3.05, 3.63) is 59.7 Å². The van der Waals surface area contributed by atoms with E-state index in [4.69, 9.17) is 5.11 Å². The Morgan fingerprint density at radius 3 is 2.43 bits per heavy atom. The van der Waals surface area contributed by atoms with E-state index < -0.39 is 11.6 Å². The Labute approximate surface area is 167 Å². The van der Waals surface area contributed by atoms with Crippen LogP contribution in [0.2, 0.25) is 0 Å². The first-order chi connectivity index (χ1) is 13.2. The molecule has 0 spiro atoms. The van der Waals surface area contributed by atoms with Crippen molar-refractivity contribution in [3.63, 3.8) is 0 Å². The summed E-state index contributed by atoms with van der Waals surface area (Å²) in [5, 5.41) is 13.1. The van der Waals surface area contributed by atoms with E-state index in [1.54, 1.807) is 0 Å². The third kappa shape index (κ3) is 5.13. The summed E-state index contributed by atoms with van der Waals surface area (Å²) in [6.07, 6.45) is 0.0535. The number of imide groups is 1. The summed E-state index contributed by atoms with van der Waals surface area (Å²) < 4.78 is 0. The quantitative estimate of drug-likeness (QED) is 0.687. The average molecular weight is 398 g/mol. The molecule has 7 heteroatoms. The second kappa shape index (κ2) is 8.06. The number of hydrogen-bond acceptors (Lipinski definition) is 4. The van der Waals surface area contributed by atoms with Gasteiger partial charge >= 0.3 is 6.09 Å². The van der Waals surface area contributed by atoms with E-state index in [-0.39, 0.29) is 16.4 Å². The van der Waals surface area contributed by atoms with Crippen molar-refractivity contribution in [1.29, 1.82) is 0 Å². The monoisotopic (exact) mass is 398 g/mol. The van der Waals surface area contributed by atoms with Crippen LogP contribution in [0.3, 0.4) is 0 Å². The highest BCUT2D eigenvalue weighted by Gasteiger charge is 2.31. The molecule has 0 aliphatic carbocycles. The number of benzene rings is 2. The predicted molar refractivity (Wildman–Crippen MR) is 109 cm³/mol. The van der Waals surface area contributed by atoms with Gasteiger partial charge in [-0.25, -0.2) is 4.79 Å². The highest BCUT2D eigenvalue weighted by molar-refractivity contribution is 8.15. The molecule has 0 aromatic heterocycles. The van der Waals surface area contributed by atoms with Crippen LogP contribution in [-0.2, 0) is 17.6 Å². The SMILES string of the molecule is CC(C)(Cc1cccc(-c2ccc(CC3SC(=O)NC3=O)cc2)c1)NC(=O)O. The second-order valence-electron chi connectivity index (χ2n) is 7.48. The smallest absolute Gasteiger partial charge is 0.405 e. The molecule has 1 aliphatic heterocycles. The van der Waals surface area contributed by atoms with Gasteiger partial charge in [0.1, 0.15) is 0 Å². The van der Waals surface area contributed by atoms with E-state index in [2.05, 4.69) is 16.7 Å². The van der Waals surface area contributed by atoms with Crippen LogP contribution < -0.4 is 10.6 Å². The molecular weight excluding hydrogens is 376 g/mol. The number of amides is 3. The lowest BCUT2D eigenvalue weighted by Crippen LogP contribution is -2.44. The lowest BCUT2D eigenvalue weighted by Gasteiger charge is -2.24. The highest BCUT2D eigenvalue weighted by Crippen LogP contribution is 2.26. The third-order valence-corrected chi connectivity index (χ3v) is 5.48. The van der Waals surface area contributed by atoms with Gasteiger partial charge in [-0.15, -0.1) is 0 Å². The molecule has 1 aliphatic rings. The van der Waals surface area contributed by atoms with E-state index in [1.165, 1.54) is 0 Å². The van der Waals surface area contributed by atoms with Crippen molar-refractivity contribution in [3.8, 4) is 11.1 Å². The van der Waals surface area contributed by atoms with Gasteiger partial charge in [-0.3, -0.25) is 14.9 Å². The number of thioether (sulfide) groups is 1. The summed E-state index contributed by atoms with van der Waals surface area (Å²) in [4.78, 5) is 33.9. The minimum absolute atomic E-state index is 0.232. The minimum Gasteiger partial charge on any atom is -0.465 e. The average Bonchev–Trinajstić information content (AvgIpc) is 2.91. The largest absolute Gasteiger partial charge is 0.465 e. The summed E-state index contributed by atoms with van der Waals surface area (Å²) in [6, 6.07) is 15.9. The maximum Gasteiger partial charge on any atom is 0.405 e. The van der Waals surface area contributed by atoms with Crippen LogP contribution in [0.5, 0.6) is 0 Å². The fourth-order valence-corrected chi connectivity index (χ4v) is 4.14. The lowest BCUT2D eigenvalue weighted by atomic mass is 9.92. The van der Waals surface area contributed by atoms with E-state index >= 15 is 0 Å². The molecule has 1 unspecified atom stereocenters. The molecule has 3 amide bonds. The zero-order valence-electron chi connectivity index (χ0n) is 15.7. The number of carboxylic acid groups (broad SMARTS) is 1. The van der Waals surface area contributed by atoms with Gasteiger partial charge in [0.25, 0.3) is 5.24 Å². The molecule has 0 radical (unpaired) electrons. The zero-order chi connectivity index (χ0) is 20.3. The molecule has 6 nitrogen and oxygen atoms in total. The van der Waals surface area contributed by atoms with Gasteiger partial charge in [-0.2, -0.15) is 0 Å². The second-order valence-corrected chi connectivity index (χ2v) is 8.65. The standard InChI is InChI=1S/C21H22N2O4S/c1-21(2,23-19(25)26)12-14-4-3-5-16(10-14)15-8-6-13(7-9-15)11-17-18(24)22-20(27)28-17/h3-10,17,23H,11-12H2,1-2H3,(H,25,26)(H,22,24,27). The van der Waals surface area contributed by atoms with Crippen LogP contribution in [0.4, 0.5) is 9.59 Å². The van der Waals surface area contributed by atoms with Gasteiger partial charge in [0, 0.05) is 5.54 Å². The molecule has 28 heavy (non-hydrogen) atoms. The minimum atomic E-state index is -1.03. The first-order valence-electron chi connectivity index (χ1n) is 8.93. The number of nitrogens with one attached hydrogen (secondary N) is 2. The van der Waals surface area contributed by atoms with Crippen LogP contribution in [0, 0.1) is 0 Å². The summed E-state index contributed by atoms with van der Waals surface area (Å²) in [5.41, 5.74) is 3.55. The molecule has 146 valence electrons. The fraction of sp³-hybridized carbons (Fsp3) is 0.286. The summed E-state index contributed by atoms with van der Waals surface area (Å²) in [7, 11) is 0. The molecule has 2 aromatic rings. The first-order valence-corrected chi connectivity index (χ1v) is 9.81. The van der Waals surface area contributed by atoms with Gasteiger partial charge in [0.05, 0.1) is 5.25 Å². The molecule has 1 saturated heterocycles. The molecule has 3 rings (SSSR count). The summed E-state index contributed by atoms with van der Waals surface area (Å²) in [6.45, 7) is 3.70. The van der Waals surface area contributed by atoms with Crippen molar-refractivity contribution in [1.82, 2.24) is 10.6 Å². The van der Waals surface area contributed by atoms with Crippen LogP contribution in [0.25, 0.3) is 11.1 Å². The topological polar surface area (TPSA) is 95.5 Å². The number of rotatable bonds is 6. The van der Waals surface area contributed by atoms with Crippen LogP contribution in [-0.4, -0.2) is 33.1 Å². The van der Waals surface area contributed by atoms with E-state index in [0.29, 0.717) is 12.8 Å². The summed E-state index contributed by atoms with van der Waals surface area (Å²) >= 11 is 1.03. The van der Waals surface area contributed by atoms with Crippen LogP contribution in [0.15, 0.2) is 48.5 Å². The Bertz CT molecular complexity index is 909. The lowest BCUT2D eigenvalue weighted by molar-refractivity contribution is -0.118. The van der Waals surface area contributed by atoms with Gasteiger partial charge < -0.3 is 10.4 Å². The Morgan fingerprint density at radius 1 is 1.11 bits per heavy atom. The van der Waals surface area contributed by atoms with Crippen molar-refractivity contribution in [2.45, 2.75) is 37.5 Å². The van der Waals surface area contributed by atoms with Crippen LogP contribution in [0.1, 0.15) is 25.0 Å². The Balaban J connectivity index is 1.71. The van der Waals surface area contributed by atoms with Crippen LogP contribution >= 0.6 is 11.8 Å². The molecule has 1 atom stereocenters. The van der Waals surface area contributed by atoms with Gasteiger partial charge in [-0.05, 0) is 48.9 Å². The van der Waals surface area contributed by atoms with Crippen molar-refractivity contribution >= 4 is 29.0 Å². The maximum absolute atomic E-state index is 11.7. The maximum atomic E-state index is 11.7. The van der Waals surface area contributed by atoms with Gasteiger partial charge in [0.2, 0.25) is 5.91 Å². The predicted octanol–water partition coefficient (Wildman–Crippen LogP) is 3.84. The highest BCUT2D eigenvalue weighted by atomic mass is 32.2. The van der Waals surface area contributed by atoms with E-state index in [0.717, 1.165) is 34.0 Å². The van der Waals surface area contributed by atoms with Gasteiger partial charge in [-0.1, -0.05) is 60.3 Å². The zero-order valence-corrected chi connectivity index (χ0v) is 16.5. The van der Waals surface area contributed by atoms with Crippen molar-refractivity contribution in [2.24, 2.45) is 0 Å². The number of carbonyl (C=O) groups excluding carboxylic acids is 2. The number of carbonyl (C=O) groups is 3.